The summed E-state index contributed by atoms with van der Waals surface area (Å²) in [4.78, 5) is 0. The van der Waals surface area contributed by atoms with E-state index in [-0.39, 0.29) is 18.1 Å². The average molecular weight is 191 g/mol. The van der Waals surface area contributed by atoms with E-state index >= 15 is 0 Å². The molecule has 1 atom stereocenters. The molecule has 1 aromatic rings. The van der Waals surface area contributed by atoms with E-state index in [9.17, 15) is 5.11 Å². The van der Waals surface area contributed by atoms with Gasteiger partial charge in [-0.1, -0.05) is 36.8 Å². The highest BCUT2D eigenvalue weighted by atomic mass is 16.3. The average Bonchev–Trinajstić information content (AvgIpc) is 2.18. The second-order valence-electron chi connectivity index (χ2n) is 4.26. The predicted octanol–water partition coefficient (Wildman–Crippen LogP) is 1.85. The van der Waals surface area contributed by atoms with Crippen molar-refractivity contribution < 1.29 is 5.11 Å². The second-order valence-corrected chi connectivity index (χ2v) is 4.26. The highest BCUT2D eigenvalue weighted by Crippen LogP contribution is 2.48. The third-order valence-electron chi connectivity index (χ3n) is 3.48. The Morgan fingerprint density at radius 3 is 2.36 bits per heavy atom. The lowest BCUT2D eigenvalue weighted by atomic mass is 9.63. The van der Waals surface area contributed by atoms with Gasteiger partial charge in [0.25, 0.3) is 0 Å². The molecule has 1 aliphatic carbocycles. The second kappa shape index (κ2) is 3.71. The Morgan fingerprint density at radius 1 is 1.29 bits per heavy atom. The van der Waals surface area contributed by atoms with Gasteiger partial charge in [0.2, 0.25) is 0 Å². The molecule has 2 nitrogen and oxygen atoms in total. The number of hydrogen-bond donors (Lipinski definition) is 2. The Labute approximate surface area is 84.7 Å². The zero-order valence-electron chi connectivity index (χ0n) is 8.32. The zero-order chi connectivity index (χ0) is 10.0. The van der Waals surface area contributed by atoms with E-state index < -0.39 is 0 Å². The van der Waals surface area contributed by atoms with Crippen LogP contribution >= 0.6 is 0 Å². The van der Waals surface area contributed by atoms with Crippen LogP contribution in [0.3, 0.4) is 0 Å². The van der Waals surface area contributed by atoms with Gasteiger partial charge in [-0.15, -0.1) is 0 Å². The highest BCUT2D eigenvalue weighted by Gasteiger charge is 2.42. The molecule has 3 N–H and O–H groups in total. The van der Waals surface area contributed by atoms with Crippen LogP contribution in [0.15, 0.2) is 30.3 Å². The standard InChI is InChI=1S/C12H17NO/c13-11(10-5-2-1-3-6-10)12(9-14)7-4-8-12/h1-3,5-6,11,14H,4,7-9,13H2. The van der Waals surface area contributed by atoms with Crippen LogP contribution in [0.4, 0.5) is 0 Å². The van der Waals surface area contributed by atoms with E-state index in [4.69, 9.17) is 5.73 Å². The van der Waals surface area contributed by atoms with Crippen LogP contribution in [0.5, 0.6) is 0 Å². The largest absolute Gasteiger partial charge is 0.396 e. The lowest BCUT2D eigenvalue weighted by Crippen LogP contribution is -2.43. The molecular weight excluding hydrogens is 174 g/mol. The predicted molar refractivity (Wildman–Crippen MR) is 56.7 cm³/mol. The third-order valence-corrected chi connectivity index (χ3v) is 3.48. The van der Waals surface area contributed by atoms with Crippen molar-refractivity contribution in [2.45, 2.75) is 25.3 Å². The molecule has 1 aromatic carbocycles. The Kier molecular flexibility index (Phi) is 2.57. The lowest BCUT2D eigenvalue weighted by Gasteiger charge is -2.45. The zero-order valence-corrected chi connectivity index (χ0v) is 8.32. The lowest BCUT2D eigenvalue weighted by molar-refractivity contribution is 0.0184. The van der Waals surface area contributed by atoms with Crippen LogP contribution in [-0.2, 0) is 0 Å². The molecule has 0 radical (unpaired) electrons. The fraction of sp³-hybridized carbons (Fsp3) is 0.500. The van der Waals surface area contributed by atoms with Crippen LogP contribution in [0.1, 0.15) is 30.9 Å². The number of hydrogen-bond acceptors (Lipinski definition) is 2. The molecule has 2 rings (SSSR count). The van der Waals surface area contributed by atoms with E-state index in [1.54, 1.807) is 0 Å². The van der Waals surface area contributed by atoms with Crippen LogP contribution in [0.25, 0.3) is 0 Å². The fourth-order valence-corrected chi connectivity index (χ4v) is 2.21. The van der Waals surface area contributed by atoms with Crippen molar-refractivity contribution in [3.8, 4) is 0 Å². The van der Waals surface area contributed by atoms with Gasteiger partial charge in [-0.25, -0.2) is 0 Å². The normalized spacial score (nSPS) is 21.3. The maximum Gasteiger partial charge on any atom is 0.0505 e. The molecule has 0 spiro atoms. The smallest absolute Gasteiger partial charge is 0.0505 e. The molecule has 0 saturated heterocycles. The van der Waals surface area contributed by atoms with Crippen molar-refractivity contribution in [1.82, 2.24) is 0 Å². The summed E-state index contributed by atoms with van der Waals surface area (Å²) >= 11 is 0. The Morgan fingerprint density at radius 2 is 1.93 bits per heavy atom. The van der Waals surface area contributed by atoms with Gasteiger partial charge in [0.15, 0.2) is 0 Å². The molecule has 1 saturated carbocycles. The van der Waals surface area contributed by atoms with Crippen LogP contribution in [0.2, 0.25) is 0 Å². The summed E-state index contributed by atoms with van der Waals surface area (Å²) in [7, 11) is 0. The van der Waals surface area contributed by atoms with Gasteiger partial charge in [-0.05, 0) is 18.4 Å². The summed E-state index contributed by atoms with van der Waals surface area (Å²) in [6.45, 7) is 0.211. The number of aliphatic hydroxyl groups is 1. The van der Waals surface area contributed by atoms with Crippen molar-refractivity contribution in [2.24, 2.45) is 11.1 Å². The summed E-state index contributed by atoms with van der Waals surface area (Å²) in [6, 6.07) is 10.1. The van der Waals surface area contributed by atoms with E-state index in [0.717, 1.165) is 18.4 Å². The summed E-state index contributed by atoms with van der Waals surface area (Å²) in [5, 5.41) is 9.39. The van der Waals surface area contributed by atoms with E-state index in [2.05, 4.69) is 0 Å². The first-order valence-corrected chi connectivity index (χ1v) is 5.20. The SMILES string of the molecule is NC(c1ccccc1)C1(CO)CCC1. The van der Waals surface area contributed by atoms with Crippen molar-refractivity contribution in [1.29, 1.82) is 0 Å². The van der Waals surface area contributed by atoms with E-state index in [1.165, 1.54) is 6.42 Å². The fourth-order valence-electron chi connectivity index (χ4n) is 2.21. The number of nitrogens with two attached hydrogens (primary N) is 1. The first-order chi connectivity index (χ1) is 6.78. The van der Waals surface area contributed by atoms with Crippen molar-refractivity contribution >= 4 is 0 Å². The molecule has 2 heteroatoms. The Bertz CT molecular complexity index is 287. The summed E-state index contributed by atoms with van der Waals surface area (Å²) in [5.74, 6) is 0. The van der Waals surface area contributed by atoms with E-state index in [0.29, 0.717) is 0 Å². The topological polar surface area (TPSA) is 46.2 Å². The summed E-state index contributed by atoms with van der Waals surface area (Å²) < 4.78 is 0. The molecule has 14 heavy (non-hydrogen) atoms. The minimum Gasteiger partial charge on any atom is -0.396 e. The molecule has 1 aliphatic rings. The van der Waals surface area contributed by atoms with Gasteiger partial charge >= 0.3 is 0 Å². The molecule has 0 bridgehead atoms. The summed E-state index contributed by atoms with van der Waals surface area (Å²) in [5.41, 5.74) is 7.29. The molecule has 0 aliphatic heterocycles. The monoisotopic (exact) mass is 191 g/mol. The van der Waals surface area contributed by atoms with Crippen LogP contribution in [-0.4, -0.2) is 11.7 Å². The van der Waals surface area contributed by atoms with Crippen molar-refractivity contribution in [3.63, 3.8) is 0 Å². The number of benzene rings is 1. The Hall–Kier alpha value is -0.860. The molecule has 0 heterocycles. The first-order valence-electron chi connectivity index (χ1n) is 5.20. The van der Waals surface area contributed by atoms with Crippen molar-refractivity contribution in [2.75, 3.05) is 6.61 Å². The van der Waals surface area contributed by atoms with Gasteiger partial charge < -0.3 is 10.8 Å². The Balaban J connectivity index is 2.19. The van der Waals surface area contributed by atoms with Gasteiger partial charge in [0.1, 0.15) is 0 Å². The molecule has 1 fully saturated rings. The molecular formula is C12H17NO. The number of aliphatic hydroxyl groups excluding tert-OH is 1. The van der Waals surface area contributed by atoms with Gasteiger partial charge in [0, 0.05) is 11.5 Å². The molecule has 0 aromatic heterocycles. The van der Waals surface area contributed by atoms with E-state index in [1.807, 2.05) is 30.3 Å². The minimum atomic E-state index is -0.0403. The van der Waals surface area contributed by atoms with Gasteiger partial charge in [-0.2, -0.15) is 0 Å². The van der Waals surface area contributed by atoms with Gasteiger partial charge in [-0.3, -0.25) is 0 Å². The maximum absolute atomic E-state index is 9.39. The number of rotatable bonds is 3. The summed E-state index contributed by atoms with van der Waals surface area (Å²) in [6.07, 6.45) is 3.31. The maximum atomic E-state index is 9.39. The van der Waals surface area contributed by atoms with Gasteiger partial charge in [0.05, 0.1) is 6.61 Å². The van der Waals surface area contributed by atoms with Crippen molar-refractivity contribution in [3.05, 3.63) is 35.9 Å². The molecule has 1 unspecified atom stereocenters. The first kappa shape index (κ1) is 9.69. The van der Waals surface area contributed by atoms with Crippen LogP contribution < -0.4 is 5.73 Å². The van der Waals surface area contributed by atoms with Crippen LogP contribution in [0, 0.1) is 5.41 Å². The quantitative estimate of drug-likeness (QED) is 0.766. The minimum absolute atomic E-state index is 0.0116. The third kappa shape index (κ3) is 1.45. The molecule has 0 amide bonds. The molecule has 76 valence electrons. The highest BCUT2D eigenvalue weighted by molar-refractivity contribution is 5.22.